The molecule has 0 aromatic heterocycles. The van der Waals surface area contributed by atoms with Crippen LogP contribution >= 0.6 is 0 Å². The number of aryl methyl sites for hydroxylation is 1. The van der Waals surface area contributed by atoms with E-state index in [2.05, 4.69) is 0 Å². The van der Waals surface area contributed by atoms with Crippen LogP contribution in [0.1, 0.15) is 51.7 Å². The zero-order valence-corrected chi connectivity index (χ0v) is 27.2. The SMILES string of the molecule is CCCN(Cc1cc2c(cc1C)OCO2)C(=O)[C@@H](OC(C)=O)[C@@H](CC=O)O[C@@H]1O[C@H](COC)[C@@H](OC)[C@H](OC(C)=O)[C@H]1OC(C)=O. The average Bonchev–Trinajstić information content (AvgIpc) is 3.43. The predicted octanol–water partition coefficient (Wildman–Crippen LogP) is 1.62. The molecule has 0 radical (unpaired) electrons. The number of rotatable bonds is 16. The molecule has 1 amide bonds. The van der Waals surface area contributed by atoms with Crippen molar-refractivity contribution in [2.24, 2.45) is 0 Å². The van der Waals surface area contributed by atoms with E-state index >= 15 is 0 Å². The van der Waals surface area contributed by atoms with Crippen LogP contribution in [0.15, 0.2) is 12.1 Å². The van der Waals surface area contributed by atoms with Crippen molar-refractivity contribution in [3.8, 4) is 11.5 Å². The Morgan fingerprint density at radius 1 is 0.978 bits per heavy atom. The summed E-state index contributed by atoms with van der Waals surface area (Å²) in [7, 11) is 2.77. The second-order valence-corrected chi connectivity index (χ2v) is 10.8. The minimum Gasteiger partial charge on any atom is -0.455 e. The molecule has 2 heterocycles. The maximum atomic E-state index is 14.2. The fourth-order valence-electron chi connectivity index (χ4n) is 5.37. The van der Waals surface area contributed by atoms with E-state index < -0.39 is 73.1 Å². The third-order valence-electron chi connectivity index (χ3n) is 7.31. The topological polar surface area (TPSA) is 172 Å². The first-order chi connectivity index (χ1) is 21.9. The van der Waals surface area contributed by atoms with Crippen LogP contribution in [0.4, 0.5) is 0 Å². The van der Waals surface area contributed by atoms with Crippen LogP contribution in [0.3, 0.4) is 0 Å². The molecule has 3 rings (SSSR count). The van der Waals surface area contributed by atoms with Crippen LogP contribution < -0.4 is 9.47 Å². The Hall–Kier alpha value is -3.79. The lowest BCUT2D eigenvalue weighted by molar-refractivity contribution is -0.322. The number of benzene rings is 1. The molecular formula is C31H43NO14. The molecule has 1 saturated heterocycles. The molecule has 0 N–H and O–H groups in total. The zero-order chi connectivity index (χ0) is 34.0. The van der Waals surface area contributed by atoms with Crippen molar-refractivity contribution in [1.29, 1.82) is 0 Å². The highest BCUT2D eigenvalue weighted by Crippen LogP contribution is 2.35. The Morgan fingerprint density at radius 2 is 1.63 bits per heavy atom. The summed E-state index contributed by atoms with van der Waals surface area (Å²) in [4.78, 5) is 64.2. The normalized spacial score (nSPS) is 23.2. The van der Waals surface area contributed by atoms with E-state index in [0.29, 0.717) is 24.2 Å². The summed E-state index contributed by atoms with van der Waals surface area (Å²) >= 11 is 0. The molecule has 2 aliphatic rings. The first-order valence-corrected chi connectivity index (χ1v) is 14.9. The molecule has 2 aliphatic heterocycles. The molecule has 46 heavy (non-hydrogen) atoms. The number of carbonyl (C=O) groups excluding carboxylic acids is 5. The monoisotopic (exact) mass is 653 g/mol. The van der Waals surface area contributed by atoms with Gasteiger partial charge in [-0.2, -0.15) is 0 Å². The fraction of sp³-hybridized carbons (Fsp3) is 0.645. The summed E-state index contributed by atoms with van der Waals surface area (Å²) in [5, 5.41) is 0. The third-order valence-corrected chi connectivity index (χ3v) is 7.31. The van der Waals surface area contributed by atoms with Gasteiger partial charge in [0, 0.05) is 54.5 Å². The van der Waals surface area contributed by atoms with Crippen LogP contribution in [0.25, 0.3) is 0 Å². The van der Waals surface area contributed by atoms with E-state index in [1.54, 1.807) is 6.07 Å². The number of esters is 3. The number of hydrogen-bond acceptors (Lipinski definition) is 14. The molecule has 1 fully saturated rings. The standard InChI is InChI=1S/C31H43NO14/c1-8-10-32(14-21-13-24-23(12-17(21)2)40-16-41-24)30(37)27(42-18(3)34)22(9-11-33)45-31-29(44-20(5)36)28(43-19(4)35)26(39-7)25(46-31)15-38-6/h11-13,22,25-29,31H,8-10,14-16H2,1-7H3/t22-,25-,26-,27+,28+,29-,31-/m1/s1. The van der Waals surface area contributed by atoms with Crippen molar-refractivity contribution in [2.75, 3.05) is 34.2 Å². The molecular weight excluding hydrogens is 610 g/mol. The van der Waals surface area contributed by atoms with Crippen LogP contribution in [-0.4, -0.2) is 112 Å². The van der Waals surface area contributed by atoms with Crippen LogP contribution in [-0.2, 0) is 63.7 Å². The van der Waals surface area contributed by atoms with Crippen molar-refractivity contribution in [2.45, 2.75) is 96.9 Å². The smallest absolute Gasteiger partial charge is 0.303 e. The van der Waals surface area contributed by atoms with Crippen molar-refractivity contribution < 1.29 is 66.6 Å². The number of carbonyl (C=O) groups is 5. The summed E-state index contributed by atoms with van der Waals surface area (Å²) < 4.78 is 50.5. The molecule has 1 aromatic rings. The van der Waals surface area contributed by atoms with Gasteiger partial charge in [0.25, 0.3) is 5.91 Å². The summed E-state index contributed by atoms with van der Waals surface area (Å²) in [6.45, 7) is 7.61. The van der Waals surface area contributed by atoms with E-state index in [1.165, 1.54) is 26.0 Å². The number of amides is 1. The van der Waals surface area contributed by atoms with Crippen molar-refractivity contribution in [3.05, 3.63) is 23.3 Å². The Kier molecular flexibility index (Phi) is 13.7. The van der Waals surface area contributed by atoms with Crippen molar-refractivity contribution in [1.82, 2.24) is 4.90 Å². The quantitative estimate of drug-likeness (QED) is 0.143. The first-order valence-electron chi connectivity index (χ1n) is 14.9. The van der Waals surface area contributed by atoms with Gasteiger partial charge < -0.3 is 52.3 Å². The van der Waals surface area contributed by atoms with Crippen LogP contribution in [0.2, 0.25) is 0 Å². The second kappa shape index (κ2) is 17.2. The van der Waals surface area contributed by atoms with Gasteiger partial charge in [0.05, 0.1) is 6.61 Å². The Labute approximate surface area is 267 Å². The van der Waals surface area contributed by atoms with Gasteiger partial charge in [-0.3, -0.25) is 19.2 Å². The summed E-state index contributed by atoms with van der Waals surface area (Å²) in [5.74, 6) is -1.77. The lowest BCUT2D eigenvalue weighted by atomic mass is 9.98. The Bertz CT molecular complexity index is 1240. The first kappa shape index (κ1) is 36.7. The van der Waals surface area contributed by atoms with Crippen LogP contribution in [0.5, 0.6) is 11.5 Å². The van der Waals surface area contributed by atoms with E-state index in [-0.39, 0.29) is 26.5 Å². The number of ether oxygens (including phenoxy) is 9. The summed E-state index contributed by atoms with van der Waals surface area (Å²) in [6, 6.07) is 3.59. The fourth-order valence-corrected chi connectivity index (χ4v) is 5.37. The average molecular weight is 654 g/mol. The predicted molar refractivity (Wildman–Crippen MR) is 157 cm³/mol. The number of fused-ring (bicyclic) bond motifs is 1. The minimum atomic E-state index is -1.61. The minimum absolute atomic E-state index is 0.0489. The highest BCUT2D eigenvalue weighted by atomic mass is 16.7. The van der Waals surface area contributed by atoms with E-state index in [0.717, 1.165) is 25.0 Å². The molecule has 1 aromatic carbocycles. The number of nitrogens with zero attached hydrogens (tertiary/aromatic N) is 1. The third kappa shape index (κ3) is 9.37. The molecule has 0 bridgehead atoms. The lowest BCUT2D eigenvalue weighted by Crippen LogP contribution is -2.63. The maximum absolute atomic E-state index is 14.2. The van der Waals surface area contributed by atoms with Gasteiger partial charge in [0.1, 0.15) is 24.6 Å². The van der Waals surface area contributed by atoms with E-state index in [1.807, 2.05) is 19.9 Å². The molecule has 15 nitrogen and oxygen atoms in total. The van der Waals surface area contributed by atoms with Gasteiger partial charge in [-0.15, -0.1) is 0 Å². The molecule has 256 valence electrons. The molecule has 0 unspecified atom stereocenters. The number of methoxy groups -OCH3 is 2. The van der Waals surface area contributed by atoms with Crippen molar-refractivity contribution in [3.63, 3.8) is 0 Å². The van der Waals surface area contributed by atoms with Gasteiger partial charge in [-0.05, 0) is 36.6 Å². The van der Waals surface area contributed by atoms with Gasteiger partial charge in [-0.1, -0.05) is 6.92 Å². The summed E-state index contributed by atoms with van der Waals surface area (Å²) in [5.41, 5.74) is 1.61. The molecule has 0 saturated carbocycles. The van der Waals surface area contributed by atoms with E-state index in [9.17, 15) is 24.0 Å². The van der Waals surface area contributed by atoms with Gasteiger partial charge in [0.2, 0.25) is 12.9 Å². The Morgan fingerprint density at radius 3 is 2.20 bits per heavy atom. The van der Waals surface area contributed by atoms with Crippen LogP contribution in [0, 0.1) is 6.92 Å². The van der Waals surface area contributed by atoms with Gasteiger partial charge >= 0.3 is 17.9 Å². The van der Waals surface area contributed by atoms with Gasteiger partial charge in [-0.25, -0.2) is 0 Å². The molecule has 7 atom stereocenters. The number of aldehydes is 1. The molecule has 0 aliphatic carbocycles. The molecule has 15 heteroatoms. The largest absolute Gasteiger partial charge is 0.455 e. The maximum Gasteiger partial charge on any atom is 0.303 e. The highest BCUT2D eigenvalue weighted by Gasteiger charge is 2.52. The highest BCUT2D eigenvalue weighted by molar-refractivity contribution is 5.84. The van der Waals surface area contributed by atoms with Crippen molar-refractivity contribution >= 4 is 30.1 Å². The van der Waals surface area contributed by atoms with Gasteiger partial charge in [0.15, 0.2) is 30.0 Å². The number of hydrogen-bond donors (Lipinski definition) is 0. The molecule has 0 spiro atoms. The lowest BCUT2D eigenvalue weighted by Gasteiger charge is -2.45. The Balaban J connectivity index is 2.00. The summed E-state index contributed by atoms with van der Waals surface area (Å²) in [6.07, 6.45) is -8.36. The zero-order valence-electron chi connectivity index (χ0n) is 27.2. The van der Waals surface area contributed by atoms with E-state index in [4.69, 9.17) is 42.6 Å². The second-order valence-electron chi connectivity index (χ2n) is 10.8.